The highest BCUT2D eigenvalue weighted by atomic mass is 16.8. The van der Waals surface area contributed by atoms with Crippen molar-refractivity contribution in [2.75, 3.05) is 20.3 Å². The zero-order chi connectivity index (χ0) is 34.5. The lowest BCUT2D eigenvalue weighted by Crippen LogP contribution is -2.60. The van der Waals surface area contributed by atoms with E-state index in [4.69, 9.17) is 37.9 Å². The van der Waals surface area contributed by atoms with Crippen LogP contribution in [0, 0.1) is 11.8 Å². The number of hydrogen-bond donors (Lipinski definition) is 8. The molecule has 0 bridgehead atoms. The number of benzene rings is 1. The van der Waals surface area contributed by atoms with Crippen LogP contribution in [0.2, 0.25) is 0 Å². The minimum absolute atomic E-state index is 0.0728. The summed E-state index contributed by atoms with van der Waals surface area (Å²) in [5.41, 5.74) is -0.755. The van der Waals surface area contributed by atoms with Crippen molar-refractivity contribution in [2.45, 2.75) is 92.4 Å². The molecular weight excluding hydrogens is 644 g/mol. The molecule has 0 aromatic heterocycles. The van der Waals surface area contributed by atoms with Gasteiger partial charge in [-0.25, -0.2) is 4.79 Å². The van der Waals surface area contributed by atoms with Crippen LogP contribution in [0.15, 0.2) is 36.6 Å². The normalized spacial score (nSPS) is 44.9. The van der Waals surface area contributed by atoms with Gasteiger partial charge in [0.2, 0.25) is 6.29 Å². The van der Waals surface area contributed by atoms with E-state index in [2.05, 4.69) is 0 Å². The van der Waals surface area contributed by atoms with Gasteiger partial charge in [-0.15, -0.1) is 0 Å². The van der Waals surface area contributed by atoms with Gasteiger partial charge in [-0.2, -0.15) is 0 Å². The van der Waals surface area contributed by atoms with Crippen LogP contribution < -0.4 is 4.74 Å². The van der Waals surface area contributed by atoms with Crippen molar-refractivity contribution in [3.05, 3.63) is 42.2 Å². The van der Waals surface area contributed by atoms with Crippen LogP contribution in [-0.2, 0) is 38.0 Å². The summed E-state index contributed by atoms with van der Waals surface area (Å²) < 4.78 is 45.9. The monoisotopic (exact) mass is 684 g/mol. The summed E-state index contributed by atoms with van der Waals surface area (Å²) in [4.78, 5) is 12.9. The first kappa shape index (κ1) is 34.9. The number of aliphatic hydroxyl groups is 7. The number of carbonyl (C=O) groups excluding carboxylic acids is 1. The first-order valence-corrected chi connectivity index (χ1v) is 15.4. The first-order chi connectivity index (χ1) is 22.9. The highest BCUT2D eigenvalue weighted by molar-refractivity contribution is 5.87. The molecule has 5 aliphatic rings. The summed E-state index contributed by atoms with van der Waals surface area (Å²) in [5, 5.41) is 81.7. The van der Waals surface area contributed by atoms with E-state index in [0.29, 0.717) is 5.56 Å². The van der Waals surface area contributed by atoms with Gasteiger partial charge in [-0.1, -0.05) is 6.07 Å². The van der Waals surface area contributed by atoms with Gasteiger partial charge in [-0.3, -0.25) is 0 Å². The van der Waals surface area contributed by atoms with Gasteiger partial charge in [0.15, 0.2) is 24.1 Å². The Kier molecular flexibility index (Phi) is 10.0. The SMILES string of the molecule is COc1cc(/C=C/C(=O)OCC23OC2C(OC2OC(C)C(O)C(O)C2O)C2C=COC(OC4OC(CO)C(O)C(O)C4O)C23)ccc1O. The molecule has 4 aliphatic heterocycles. The van der Waals surface area contributed by atoms with E-state index in [-0.39, 0.29) is 18.1 Å². The molecule has 0 spiro atoms. The average molecular weight is 685 g/mol. The molecule has 16 unspecified atom stereocenters. The molecule has 1 aliphatic carbocycles. The number of aliphatic hydroxyl groups excluding tert-OH is 7. The molecule has 266 valence electrons. The molecule has 0 radical (unpaired) electrons. The highest BCUT2D eigenvalue weighted by Crippen LogP contribution is 2.61. The van der Waals surface area contributed by atoms with Gasteiger partial charge in [0, 0.05) is 12.0 Å². The van der Waals surface area contributed by atoms with Crippen LogP contribution in [0.5, 0.6) is 11.5 Å². The number of aromatic hydroxyl groups is 1. The highest BCUT2D eigenvalue weighted by Gasteiger charge is 2.77. The summed E-state index contributed by atoms with van der Waals surface area (Å²) in [7, 11) is 1.39. The number of methoxy groups -OCH3 is 1. The van der Waals surface area contributed by atoms with Crippen LogP contribution in [0.25, 0.3) is 6.08 Å². The Balaban J connectivity index is 1.22. The van der Waals surface area contributed by atoms with Crippen molar-refractivity contribution in [1.82, 2.24) is 0 Å². The molecule has 8 N–H and O–H groups in total. The Labute approximate surface area is 274 Å². The zero-order valence-corrected chi connectivity index (χ0v) is 25.9. The van der Waals surface area contributed by atoms with Crippen LogP contribution >= 0.6 is 0 Å². The molecule has 48 heavy (non-hydrogen) atoms. The lowest BCUT2D eigenvalue weighted by Gasteiger charge is -2.44. The molecule has 17 nitrogen and oxygen atoms in total. The summed E-state index contributed by atoms with van der Waals surface area (Å²) in [6.45, 7) is 0.486. The topological polar surface area (TPSA) is 256 Å². The molecule has 1 saturated carbocycles. The molecular formula is C31H40O17. The van der Waals surface area contributed by atoms with Crippen molar-refractivity contribution in [2.24, 2.45) is 11.8 Å². The van der Waals surface area contributed by atoms with Crippen molar-refractivity contribution < 1.29 is 83.5 Å². The number of ether oxygens (including phenoxy) is 8. The zero-order valence-electron chi connectivity index (χ0n) is 25.9. The van der Waals surface area contributed by atoms with E-state index in [1.54, 1.807) is 12.1 Å². The molecule has 17 heteroatoms. The third-order valence-corrected chi connectivity index (χ3v) is 9.51. The Hall–Kier alpha value is -2.91. The lowest BCUT2D eigenvalue weighted by molar-refractivity contribution is -0.347. The number of phenols is 1. The quantitative estimate of drug-likeness (QED) is 0.0705. The third kappa shape index (κ3) is 6.30. The smallest absolute Gasteiger partial charge is 0.330 e. The molecule has 0 amide bonds. The lowest BCUT2D eigenvalue weighted by atomic mass is 9.85. The van der Waals surface area contributed by atoms with E-state index < -0.39 is 110 Å². The minimum atomic E-state index is -1.74. The molecule has 16 atom stereocenters. The number of esters is 1. The van der Waals surface area contributed by atoms with Crippen LogP contribution in [0.4, 0.5) is 0 Å². The van der Waals surface area contributed by atoms with Gasteiger partial charge < -0.3 is 78.7 Å². The predicted octanol–water partition coefficient (Wildman–Crippen LogP) is -2.76. The van der Waals surface area contributed by atoms with Crippen molar-refractivity contribution in [3.8, 4) is 11.5 Å². The third-order valence-electron chi connectivity index (χ3n) is 9.51. The van der Waals surface area contributed by atoms with Gasteiger partial charge >= 0.3 is 5.97 Å². The van der Waals surface area contributed by atoms with E-state index >= 15 is 0 Å². The molecule has 3 saturated heterocycles. The maximum absolute atomic E-state index is 12.9. The number of hydrogen-bond acceptors (Lipinski definition) is 17. The standard InChI is InChI=1S/C31H40O17/c1-12-20(35)22(37)24(39)29(44-12)46-26-14-7-8-42-28(47-30-25(40)23(38)21(36)17(10-32)45-30)19(14)31(27(26)48-31)11-43-18(34)6-4-13-3-5-15(33)16(9-13)41-2/h3-9,12,14,17,19-30,32-33,35-40H,10-11H2,1-2H3/b6-4+. The molecule has 4 heterocycles. The first-order valence-electron chi connectivity index (χ1n) is 15.4. The molecule has 1 aromatic carbocycles. The van der Waals surface area contributed by atoms with Gasteiger partial charge in [0.1, 0.15) is 61.0 Å². The predicted molar refractivity (Wildman–Crippen MR) is 155 cm³/mol. The maximum Gasteiger partial charge on any atom is 0.330 e. The second-order valence-electron chi connectivity index (χ2n) is 12.4. The summed E-state index contributed by atoms with van der Waals surface area (Å²) >= 11 is 0. The summed E-state index contributed by atoms with van der Waals surface area (Å²) in [6.07, 6.45) is -12.1. The van der Waals surface area contributed by atoms with Gasteiger partial charge in [0.05, 0.1) is 38.1 Å². The van der Waals surface area contributed by atoms with Gasteiger partial charge in [-0.05, 0) is 36.8 Å². The van der Waals surface area contributed by atoms with Crippen LogP contribution in [-0.4, -0.2) is 153 Å². The van der Waals surface area contributed by atoms with Crippen molar-refractivity contribution in [1.29, 1.82) is 0 Å². The fourth-order valence-corrected chi connectivity index (χ4v) is 6.76. The maximum atomic E-state index is 12.9. The Morgan fingerprint density at radius 3 is 2.35 bits per heavy atom. The number of fused-ring (bicyclic) bond motifs is 3. The van der Waals surface area contributed by atoms with E-state index in [1.165, 1.54) is 44.6 Å². The summed E-state index contributed by atoms with van der Waals surface area (Å²) in [6, 6.07) is 4.49. The molecule has 4 fully saturated rings. The Bertz CT molecular complexity index is 1370. The molecule has 1 aromatic rings. The second kappa shape index (κ2) is 13.8. The number of rotatable bonds is 10. The Morgan fingerprint density at radius 2 is 1.65 bits per heavy atom. The number of phenolic OH excluding ortho intramolecular Hbond substituents is 1. The fourth-order valence-electron chi connectivity index (χ4n) is 6.76. The van der Waals surface area contributed by atoms with E-state index in [1.807, 2.05) is 0 Å². The second-order valence-corrected chi connectivity index (χ2v) is 12.4. The number of epoxide rings is 1. The largest absolute Gasteiger partial charge is 0.504 e. The van der Waals surface area contributed by atoms with E-state index in [0.717, 1.165) is 0 Å². The van der Waals surface area contributed by atoms with Crippen LogP contribution in [0.3, 0.4) is 0 Å². The molecule has 6 rings (SSSR count). The number of carbonyl (C=O) groups is 1. The fraction of sp³-hybridized carbons (Fsp3) is 0.645. The van der Waals surface area contributed by atoms with Crippen LogP contribution in [0.1, 0.15) is 12.5 Å². The summed E-state index contributed by atoms with van der Waals surface area (Å²) in [5.74, 6) is -2.04. The minimum Gasteiger partial charge on any atom is -0.504 e. The van der Waals surface area contributed by atoms with Gasteiger partial charge in [0.25, 0.3) is 0 Å². The van der Waals surface area contributed by atoms with Crippen molar-refractivity contribution in [3.63, 3.8) is 0 Å². The van der Waals surface area contributed by atoms with Crippen molar-refractivity contribution >= 4 is 12.0 Å². The van der Waals surface area contributed by atoms with E-state index in [9.17, 15) is 45.6 Å². The average Bonchev–Trinajstić information content (AvgIpc) is 3.75. The Morgan fingerprint density at radius 1 is 0.938 bits per heavy atom.